The lowest BCUT2D eigenvalue weighted by molar-refractivity contribution is 0.0949. The number of amides is 2. The van der Waals surface area contributed by atoms with Crippen molar-refractivity contribution in [2.24, 2.45) is 0 Å². The predicted octanol–water partition coefficient (Wildman–Crippen LogP) is 4.29. The van der Waals surface area contributed by atoms with Crippen LogP contribution in [0.25, 0.3) is 0 Å². The Balaban J connectivity index is 1.64. The van der Waals surface area contributed by atoms with Crippen LogP contribution in [0.15, 0.2) is 72.8 Å². The molecule has 0 heterocycles. The fourth-order valence-electron chi connectivity index (χ4n) is 3.43. The first-order valence-electron chi connectivity index (χ1n) is 10.8. The lowest BCUT2D eigenvalue weighted by Gasteiger charge is -2.20. The Hall–Kier alpha value is -3.64. The van der Waals surface area contributed by atoms with Crippen LogP contribution in [0, 0.1) is 0 Å². The first-order chi connectivity index (χ1) is 15.5. The van der Waals surface area contributed by atoms with Crippen LogP contribution < -0.4 is 16.4 Å². The van der Waals surface area contributed by atoms with Gasteiger partial charge in [-0.05, 0) is 66.7 Å². The molecule has 0 aliphatic heterocycles. The molecule has 0 saturated carbocycles. The molecule has 3 rings (SSSR count). The summed E-state index contributed by atoms with van der Waals surface area (Å²) >= 11 is 0. The minimum atomic E-state index is -0.257. The van der Waals surface area contributed by atoms with Crippen molar-refractivity contribution in [3.8, 4) is 0 Å². The number of carbonyl (C=O) groups is 2. The molecular formula is C26H30N4O2. The molecule has 0 aliphatic rings. The number of hydrogen-bond acceptors (Lipinski definition) is 4. The summed E-state index contributed by atoms with van der Waals surface area (Å²) in [6.45, 7) is 7.54. The highest BCUT2D eigenvalue weighted by atomic mass is 16.2. The van der Waals surface area contributed by atoms with Crippen LogP contribution in [0.1, 0.15) is 45.7 Å². The van der Waals surface area contributed by atoms with E-state index in [0.717, 1.165) is 25.2 Å². The van der Waals surface area contributed by atoms with Gasteiger partial charge in [0, 0.05) is 35.6 Å². The molecule has 3 aromatic rings. The number of nitrogens with one attached hydrogen (secondary N) is 2. The second-order valence-corrected chi connectivity index (χ2v) is 7.57. The van der Waals surface area contributed by atoms with Crippen LogP contribution in [0.4, 0.5) is 11.4 Å². The molecule has 0 unspecified atom stereocenters. The average molecular weight is 431 g/mol. The van der Waals surface area contributed by atoms with E-state index in [2.05, 4.69) is 35.4 Å². The smallest absolute Gasteiger partial charge is 0.255 e. The van der Waals surface area contributed by atoms with Crippen LogP contribution in [0.3, 0.4) is 0 Å². The lowest BCUT2D eigenvalue weighted by Crippen LogP contribution is -2.26. The van der Waals surface area contributed by atoms with Gasteiger partial charge in [0.1, 0.15) is 0 Å². The molecule has 6 nitrogen and oxygen atoms in total. The minimum Gasteiger partial charge on any atom is -0.399 e. The number of nitrogens with zero attached hydrogens (tertiary/aromatic N) is 1. The summed E-state index contributed by atoms with van der Waals surface area (Å²) in [5.74, 6) is -0.445. The van der Waals surface area contributed by atoms with Gasteiger partial charge in [-0.15, -0.1) is 0 Å². The van der Waals surface area contributed by atoms with Gasteiger partial charge in [-0.2, -0.15) is 0 Å². The van der Waals surface area contributed by atoms with Gasteiger partial charge in [-0.25, -0.2) is 0 Å². The van der Waals surface area contributed by atoms with E-state index in [1.165, 1.54) is 5.56 Å². The van der Waals surface area contributed by atoms with E-state index in [4.69, 9.17) is 5.73 Å². The molecule has 0 saturated heterocycles. The number of nitrogen functional groups attached to an aromatic ring is 1. The fraction of sp³-hybridized carbons (Fsp3) is 0.231. The van der Waals surface area contributed by atoms with Crippen LogP contribution in [-0.4, -0.2) is 29.8 Å². The summed E-state index contributed by atoms with van der Waals surface area (Å²) in [6.07, 6.45) is 0. The van der Waals surface area contributed by atoms with Crippen molar-refractivity contribution < 1.29 is 9.59 Å². The lowest BCUT2D eigenvalue weighted by atomic mass is 10.1. The van der Waals surface area contributed by atoms with E-state index >= 15 is 0 Å². The highest BCUT2D eigenvalue weighted by molar-refractivity contribution is 6.05. The molecule has 2 amide bonds. The topological polar surface area (TPSA) is 87.5 Å². The Morgan fingerprint density at radius 3 is 2.19 bits per heavy atom. The van der Waals surface area contributed by atoms with Gasteiger partial charge in [0.2, 0.25) is 0 Å². The normalized spacial score (nSPS) is 10.7. The summed E-state index contributed by atoms with van der Waals surface area (Å²) in [7, 11) is 0. The fourth-order valence-corrected chi connectivity index (χ4v) is 3.43. The standard InChI is InChI=1S/C26H30N4O2/c1-3-30(4-2)18-22-9-6-5-8-21(22)17-28-25(31)20-10-7-11-24(16-20)29-26(32)19-12-14-23(27)15-13-19/h5-16H,3-4,17-18,27H2,1-2H3,(H,28,31)(H,29,32). The highest BCUT2D eigenvalue weighted by Gasteiger charge is 2.11. The molecule has 0 aliphatic carbocycles. The molecule has 0 radical (unpaired) electrons. The Morgan fingerprint density at radius 1 is 0.812 bits per heavy atom. The van der Waals surface area contributed by atoms with Crippen molar-refractivity contribution in [1.82, 2.24) is 10.2 Å². The van der Waals surface area contributed by atoms with Gasteiger partial charge in [-0.3, -0.25) is 14.5 Å². The Kier molecular flexibility index (Phi) is 8.00. The largest absolute Gasteiger partial charge is 0.399 e. The van der Waals surface area contributed by atoms with Crippen molar-refractivity contribution in [3.63, 3.8) is 0 Å². The SMILES string of the molecule is CCN(CC)Cc1ccccc1CNC(=O)c1cccc(NC(=O)c2ccc(N)cc2)c1. The van der Waals surface area contributed by atoms with Crippen molar-refractivity contribution in [1.29, 1.82) is 0 Å². The molecule has 0 aromatic heterocycles. The Bertz CT molecular complexity index is 1060. The maximum Gasteiger partial charge on any atom is 0.255 e. The second-order valence-electron chi connectivity index (χ2n) is 7.57. The van der Waals surface area contributed by atoms with Crippen LogP contribution in [-0.2, 0) is 13.1 Å². The third-order valence-electron chi connectivity index (χ3n) is 5.40. The van der Waals surface area contributed by atoms with E-state index in [-0.39, 0.29) is 11.8 Å². The summed E-state index contributed by atoms with van der Waals surface area (Å²) in [5.41, 5.74) is 10.1. The van der Waals surface area contributed by atoms with Gasteiger partial charge in [-0.1, -0.05) is 44.2 Å². The number of rotatable bonds is 9. The monoisotopic (exact) mass is 430 g/mol. The first kappa shape index (κ1) is 23.0. The number of carbonyl (C=O) groups excluding carboxylic acids is 2. The van der Waals surface area contributed by atoms with Gasteiger partial charge < -0.3 is 16.4 Å². The molecule has 0 spiro atoms. The van der Waals surface area contributed by atoms with E-state index in [9.17, 15) is 9.59 Å². The molecule has 166 valence electrons. The molecule has 32 heavy (non-hydrogen) atoms. The minimum absolute atomic E-state index is 0.189. The Morgan fingerprint density at radius 2 is 1.50 bits per heavy atom. The number of benzene rings is 3. The van der Waals surface area contributed by atoms with Crippen molar-refractivity contribution >= 4 is 23.2 Å². The molecule has 0 bridgehead atoms. The third-order valence-corrected chi connectivity index (χ3v) is 5.40. The van der Waals surface area contributed by atoms with Gasteiger partial charge in [0.25, 0.3) is 11.8 Å². The summed E-state index contributed by atoms with van der Waals surface area (Å²) in [4.78, 5) is 27.5. The maximum atomic E-state index is 12.8. The summed E-state index contributed by atoms with van der Waals surface area (Å²) in [6, 6.07) is 21.8. The molecule has 3 aromatic carbocycles. The third kappa shape index (κ3) is 6.18. The Labute approximate surface area is 189 Å². The van der Waals surface area contributed by atoms with Crippen LogP contribution in [0.5, 0.6) is 0 Å². The first-order valence-corrected chi connectivity index (χ1v) is 10.8. The van der Waals surface area contributed by atoms with Crippen molar-refractivity contribution in [2.45, 2.75) is 26.9 Å². The number of anilines is 2. The van der Waals surface area contributed by atoms with E-state index in [1.54, 1.807) is 48.5 Å². The van der Waals surface area contributed by atoms with E-state index < -0.39 is 0 Å². The molecule has 0 fully saturated rings. The number of hydrogen-bond donors (Lipinski definition) is 3. The quantitative estimate of drug-likeness (QED) is 0.442. The van der Waals surface area contributed by atoms with Crippen LogP contribution in [0.2, 0.25) is 0 Å². The zero-order valence-corrected chi connectivity index (χ0v) is 18.6. The summed E-state index contributed by atoms with van der Waals surface area (Å²) < 4.78 is 0. The molecule has 6 heteroatoms. The van der Waals surface area contributed by atoms with Gasteiger partial charge in [0.15, 0.2) is 0 Å². The van der Waals surface area contributed by atoms with Gasteiger partial charge in [0.05, 0.1) is 0 Å². The van der Waals surface area contributed by atoms with Crippen molar-refractivity contribution in [3.05, 3.63) is 95.1 Å². The van der Waals surface area contributed by atoms with Crippen LogP contribution >= 0.6 is 0 Å². The zero-order chi connectivity index (χ0) is 22.9. The second kappa shape index (κ2) is 11.1. The average Bonchev–Trinajstić information content (AvgIpc) is 2.82. The molecular weight excluding hydrogens is 400 g/mol. The van der Waals surface area contributed by atoms with Crippen molar-refractivity contribution in [2.75, 3.05) is 24.1 Å². The molecule has 0 atom stereocenters. The molecule has 4 N–H and O–H groups in total. The summed E-state index contributed by atoms with van der Waals surface area (Å²) in [5, 5.41) is 5.82. The highest BCUT2D eigenvalue weighted by Crippen LogP contribution is 2.15. The van der Waals surface area contributed by atoms with E-state index in [0.29, 0.717) is 29.0 Å². The van der Waals surface area contributed by atoms with Gasteiger partial charge >= 0.3 is 0 Å². The maximum absolute atomic E-state index is 12.8. The number of nitrogens with two attached hydrogens (primary N) is 1. The predicted molar refractivity (Wildman–Crippen MR) is 129 cm³/mol. The zero-order valence-electron chi connectivity index (χ0n) is 18.6. The van der Waals surface area contributed by atoms with E-state index in [1.807, 2.05) is 18.2 Å².